The first-order chi connectivity index (χ1) is 12.0. The van der Waals surface area contributed by atoms with Crippen LogP contribution >= 0.6 is 0 Å². The SMILES string of the molecule is N=c1oc2ccccc2c2cc(-c3cccc([N+](=O)[O-])c3)nc(N)c12. The standard InChI is InChI=1S/C18H12N4O3/c19-17-16-13(12-6-1-2-7-15(12)25-18(16)20)9-14(21-17)10-4-3-5-11(8-10)22(23)24/h1-9,20H,(H2,19,21). The molecular formula is C18H12N4O3. The maximum Gasteiger partial charge on any atom is 0.270 e. The van der Waals surface area contributed by atoms with Gasteiger partial charge < -0.3 is 10.2 Å². The van der Waals surface area contributed by atoms with Crippen LogP contribution in [0.3, 0.4) is 0 Å². The highest BCUT2D eigenvalue weighted by Gasteiger charge is 2.14. The average Bonchev–Trinajstić information content (AvgIpc) is 2.61. The quantitative estimate of drug-likeness (QED) is 0.330. The molecule has 0 fully saturated rings. The van der Waals surface area contributed by atoms with E-state index in [0.29, 0.717) is 22.2 Å². The smallest absolute Gasteiger partial charge is 0.270 e. The summed E-state index contributed by atoms with van der Waals surface area (Å²) in [4.78, 5) is 14.9. The molecule has 0 amide bonds. The summed E-state index contributed by atoms with van der Waals surface area (Å²) in [6.07, 6.45) is 0. The number of nitro groups is 1. The third-order valence-electron chi connectivity index (χ3n) is 4.02. The van der Waals surface area contributed by atoms with Crippen molar-refractivity contribution in [3.8, 4) is 11.3 Å². The third kappa shape index (κ3) is 2.38. The second kappa shape index (κ2) is 5.41. The Morgan fingerprint density at radius 3 is 2.68 bits per heavy atom. The number of nitrogens with zero attached hydrogens (tertiary/aromatic N) is 2. The van der Waals surface area contributed by atoms with Crippen LogP contribution in [0.15, 0.2) is 59.0 Å². The molecular weight excluding hydrogens is 320 g/mol. The zero-order valence-electron chi connectivity index (χ0n) is 12.9. The number of nitrogens with one attached hydrogen (secondary N) is 1. The Labute approximate surface area is 141 Å². The Bertz CT molecular complexity index is 1210. The number of nitro benzene ring substituents is 1. The van der Waals surface area contributed by atoms with Crippen molar-refractivity contribution in [2.24, 2.45) is 0 Å². The zero-order valence-corrected chi connectivity index (χ0v) is 12.9. The Morgan fingerprint density at radius 2 is 1.88 bits per heavy atom. The van der Waals surface area contributed by atoms with Crippen molar-refractivity contribution in [2.45, 2.75) is 0 Å². The normalized spacial score (nSPS) is 11.0. The van der Waals surface area contributed by atoms with Crippen molar-refractivity contribution in [3.63, 3.8) is 0 Å². The Hall–Kier alpha value is -3.74. The number of aromatic nitrogens is 1. The van der Waals surface area contributed by atoms with Crippen LogP contribution in [0.2, 0.25) is 0 Å². The predicted octanol–water partition coefficient (Wildman–Crippen LogP) is 3.62. The lowest BCUT2D eigenvalue weighted by Crippen LogP contribution is -2.06. The van der Waals surface area contributed by atoms with Crippen LogP contribution in [0.5, 0.6) is 0 Å². The second-order valence-corrected chi connectivity index (χ2v) is 5.55. The molecule has 7 heteroatoms. The third-order valence-corrected chi connectivity index (χ3v) is 4.02. The second-order valence-electron chi connectivity index (χ2n) is 5.55. The molecule has 0 aliphatic rings. The van der Waals surface area contributed by atoms with Gasteiger partial charge in [-0.1, -0.05) is 30.3 Å². The van der Waals surface area contributed by atoms with Crippen LogP contribution in [0, 0.1) is 15.5 Å². The summed E-state index contributed by atoms with van der Waals surface area (Å²) in [5, 5.41) is 21.0. The number of para-hydroxylation sites is 1. The molecule has 0 spiro atoms. The molecule has 2 aromatic heterocycles. The summed E-state index contributed by atoms with van der Waals surface area (Å²) >= 11 is 0. The molecule has 25 heavy (non-hydrogen) atoms. The van der Waals surface area contributed by atoms with Crippen LogP contribution < -0.4 is 11.3 Å². The zero-order chi connectivity index (χ0) is 17.6. The van der Waals surface area contributed by atoms with Crippen LogP contribution in [-0.4, -0.2) is 9.91 Å². The highest BCUT2D eigenvalue weighted by Crippen LogP contribution is 2.30. The number of benzene rings is 2. The number of nitrogens with two attached hydrogens (primary N) is 1. The minimum absolute atomic E-state index is 0.0212. The number of hydrogen-bond donors (Lipinski definition) is 2. The van der Waals surface area contributed by atoms with E-state index < -0.39 is 4.92 Å². The van der Waals surface area contributed by atoms with Gasteiger partial charge in [0.05, 0.1) is 16.0 Å². The highest BCUT2D eigenvalue weighted by molar-refractivity contribution is 6.08. The number of fused-ring (bicyclic) bond motifs is 3. The number of anilines is 1. The van der Waals surface area contributed by atoms with Crippen molar-refractivity contribution < 1.29 is 9.34 Å². The maximum absolute atomic E-state index is 11.0. The summed E-state index contributed by atoms with van der Waals surface area (Å²) in [6, 6.07) is 15.3. The van der Waals surface area contributed by atoms with Gasteiger partial charge in [-0.2, -0.15) is 0 Å². The summed E-state index contributed by atoms with van der Waals surface area (Å²) in [7, 11) is 0. The van der Waals surface area contributed by atoms with Gasteiger partial charge in [0.2, 0.25) is 5.55 Å². The summed E-state index contributed by atoms with van der Waals surface area (Å²) in [6.45, 7) is 0. The first-order valence-electron chi connectivity index (χ1n) is 7.46. The number of hydrogen-bond acceptors (Lipinski definition) is 6. The molecule has 0 saturated heterocycles. The molecule has 7 nitrogen and oxygen atoms in total. The van der Waals surface area contributed by atoms with Gasteiger partial charge in [-0.25, -0.2) is 4.98 Å². The van der Waals surface area contributed by atoms with Gasteiger partial charge in [-0.05, 0) is 12.1 Å². The predicted molar refractivity (Wildman–Crippen MR) is 93.9 cm³/mol. The van der Waals surface area contributed by atoms with E-state index in [1.807, 2.05) is 18.2 Å². The molecule has 0 unspecified atom stereocenters. The Balaban J connectivity index is 2.07. The molecule has 4 aromatic rings. The van der Waals surface area contributed by atoms with E-state index in [9.17, 15) is 10.1 Å². The lowest BCUT2D eigenvalue weighted by atomic mass is 10.0. The van der Waals surface area contributed by atoms with Crippen molar-refractivity contribution >= 4 is 33.2 Å². The first kappa shape index (κ1) is 14.8. The summed E-state index contributed by atoms with van der Waals surface area (Å²) in [5.41, 5.74) is 7.62. The van der Waals surface area contributed by atoms with E-state index in [1.54, 1.807) is 24.3 Å². The molecule has 122 valence electrons. The van der Waals surface area contributed by atoms with Gasteiger partial charge in [0.15, 0.2) is 0 Å². The monoisotopic (exact) mass is 332 g/mol. The molecule has 0 radical (unpaired) electrons. The minimum atomic E-state index is -0.454. The van der Waals surface area contributed by atoms with Crippen molar-refractivity contribution in [3.05, 3.63) is 70.3 Å². The Kier molecular flexibility index (Phi) is 3.21. The van der Waals surface area contributed by atoms with E-state index >= 15 is 0 Å². The van der Waals surface area contributed by atoms with Gasteiger partial charge in [-0.15, -0.1) is 0 Å². The van der Waals surface area contributed by atoms with Crippen LogP contribution in [0.4, 0.5) is 11.5 Å². The van der Waals surface area contributed by atoms with Crippen LogP contribution in [-0.2, 0) is 0 Å². The molecule has 0 bridgehead atoms. The average molecular weight is 332 g/mol. The van der Waals surface area contributed by atoms with Crippen molar-refractivity contribution in [1.82, 2.24) is 4.98 Å². The van der Waals surface area contributed by atoms with E-state index in [4.69, 9.17) is 15.6 Å². The molecule has 0 atom stereocenters. The molecule has 2 aromatic carbocycles. The van der Waals surface area contributed by atoms with Crippen LogP contribution in [0.1, 0.15) is 0 Å². The van der Waals surface area contributed by atoms with Gasteiger partial charge in [0, 0.05) is 28.5 Å². The lowest BCUT2D eigenvalue weighted by Gasteiger charge is -2.09. The van der Waals surface area contributed by atoms with E-state index in [0.717, 1.165) is 10.8 Å². The van der Waals surface area contributed by atoms with Crippen LogP contribution in [0.25, 0.3) is 33.0 Å². The van der Waals surface area contributed by atoms with Gasteiger partial charge in [0.25, 0.3) is 5.69 Å². The number of non-ortho nitro benzene ring substituents is 1. The largest absolute Gasteiger partial charge is 0.438 e. The highest BCUT2D eigenvalue weighted by atomic mass is 16.6. The molecule has 0 saturated carbocycles. The molecule has 4 rings (SSSR count). The number of nitrogen functional groups attached to an aromatic ring is 1. The van der Waals surface area contributed by atoms with E-state index in [2.05, 4.69) is 4.98 Å². The van der Waals surface area contributed by atoms with Crippen molar-refractivity contribution in [2.75, 3.05) is 5.73 Å². The fourth-order valence-corrected chi connectivity index (χ4v) is 2.88. The maximum atomic E-state index is 11.0. The number of pyridine rings is 1. The minimum Gasteiger partial charge on any atom is -0.438 e. The van der Waals surface area contributed by atoms with E-state index in [1.165, 1.54) is 12.1 Å². The summed E-state index contributed by atoms with van der Waals surface area (Å²) in [5.74, 6) is 0.151. The summed E-state index contributed by atoms with van der Waals surface area (Å²) < 4.78 is 5.51. The van der Waals surface area contributed by atoms with Gasteiger partial charge in [0.1, 0.15) is 11.4 Å². The lowest BCUT2D eigenvalue weighted by molar-refractivity contribution is -0.384. The molecule has 2 heterocycles. The fraction of sp³-hybridized carbons (Fsp3) is 0. The van der Waals surface area contributed by atoms with E-state index in [-0.39, 0.29) is 17.1 Å². The molecule has 0 aliphatic heterocycles. The number of rotatable bonds is 2. The Morgan fingerprint density at radius 1 is 1.08 bits per heavy atom. The first-order valence-corrected chi connectivity index (χ1v) is 7.46. The topological polar surface area (TPSA) is 119 Å². The molecule has 0 aliphatic carbocycles. The van der Waals surface area contributed by atoms with Crippen molar-refractivity contribution in [1.29, 1.82) is 5.41 Å². The molecule has 3 N–H and O–H groups in total. The van der Waals surface area contributed by atoms with Gasteiger partial charge >= 0.3 is 0 Å². The van der Waals surface area contributed by atoms with Gasteiger partial charge in [-0.3, -0.25) is 15.5 Å². The fourth-order valence-electron chi connectivity index (χ4n) is 2.88.